The summed E-state index contributed by atoms with van der Waals surface area (Å²) in [4.78, 5) is 15.9. The number of rotatable bonds is 4. The molecule has 7 nitrogen and oxygen atoms in total. The van der Waals surface area contributed by atoms with Crippen molar-refractivity contribution in [2.75, 3.05) is 52.2 Å². The summed E-state index contributed by atoms with van der Waals surface area (Å²) in [6.45, 7) is 5.03. The number of nitrogens with one attached hydrogen (secondary N) is 1. The van der Waals surface area contributed by atoms with Crippen LogP contribution >= 0.6 is 24.0 Å². The van der Waals surface area contributed by atoms with E-state index in [1.165, 1.54) is 6.42 Å². The van der Waals surface area contributed by atoms with E-state index in [1.54, 1.807) is 0 Å². The van der Waals surface area contributed by atoms with E-state index in [4.69, 9.17) is 0 Å². The molecule has 3 rings (SSSR count). The van der Waals surface area contributed by atoms with Crippen molar-refractivity contribution < 1.29 is 0 Å². The van der Waals surface area contributed by atoms with Gasteiger partial charge >= 0.3 is 0 Å². The number of guanidine groups is 1. The molecule has 1 fully saturated rings. The first kappa shape index (κ1) is 20.0. The summed E-state index contributed by atoms with van der Waals surface area (Å²) in [7, 11) is 7.93. The molecular weight excluding hydrogens is 429 g/mol. The molecule has 0 spiro atoms. The van der Waals surface area contributed by atoms with Crippen LogP contribution in [-0.2, 0) is 13.6 Å². The van der Waals surface area contributed by atoms with Crippen LogP contribution in [0.1, 0.15) is 12.1 Å². The maximum Gasteiger partial charge on any atom is 0.204 e. The Labute approximate surface area is 167 Å². The molecule has 1 aromatic rings. The highest BCUT2D eigenvalue weighted by molar-refractivity contribution is 14.0. The zero-order valence-corrected chi connectivity index (χ0v) is 18.0. The molecule has 2 aliphatic heterocycles. The average molecular weight is 459 g/mol. The number of hydrogen-bond acceptors (Lipinski definition) is 4. The van der Waals surface area contributed by atoms with Gasteiger partial charge in [-0.1, -0.05) is 12.2 Å². The van der Waals surface area contributed by atoms with Crippen LogP contribution in [-0.4, -0.2) is 78.7 Å². The van der Waals surface area contributed by atoms with Crippen molar-refractivity contribution in [2.24, 2.45) is 12.0 Å². The van der Waals surface area contributed by atoms with Gasteiger partial charge in [-0.15, -0.1) is 24.0 Å². The van der Waals surface area contributed by atoms with Crippen molar-refractivity contribution in [1.82, 2.24) is 24.7 Å². The molecule has 1 saturated heterocycles. The maximum absolute atomic E-state index is 4.47. The number of likely N-dealkylation sites (tertiary alicyclic amines) is 1. The largest absolute Gasteiger partial charge is 0.351 e. The predicted molar refractivity (Wildman–Crippen MR) is 114 cm³/mol. The third-order valence-electron chi connectivity index (χ3n) is 4.93. The van der Waals surface area contributed by atoms with Crippen LogP contribution in [0.4, 0.5) is 5.95 Å². The molecule has 0 radical (unpaired) electrons. The Kier molecular flexibility index (Phi) is 7.12. The van der Waals surface area contributed by atoms with Gasteiger partial charge in [0.15, 0.2) is 5.96 Å². The molecule has 0 saturated carbocycles. The Morgan fingerprint density at radius 3 is 2.68 bits per heavy atom. The topological polar surface area (TPSA) is 51.9 Å². The number of hydrogen-bond donors (Lipinski definition) is 1. The molecule has 140 valence electrons. The highest BCUT2D eigenvalue weighted by Gasteiger charge is 2.29. The predicted octanol–water partition coefficient (Wildman–Crippen LogP) is 1.13. The number of anilines is 1. The van der Waals surface area contributed by atoms with Gasteiger partial charge in [0.2, 0.25) is 5.95 Å². The van der Waals surface area contributed by atoms with Crippen molar-refractivity contribution in [3.63, 3.8) is 0 Å². The first-order valence-corrected chi connectivity index (χ1v) is 8.62. The minimum Gasteiger partial charge on any atom is -0.351 e. The number of aromatic nitrogens is 2. The van der Waals surface area contributed by atoms with Gasteiger partial charge in [0.05, 0.1) is 18.4 Å². The van der Waals surface area contributed by atoms with Gasteiger partial charge < -0.3 is 19.7 Å². The van der Waals surface area contributed by atoms with Crippen LogP contribution in [0.2, 0.25) is 0 Å². The zero-order valence-electron chi connectivity index (χ0n) is 15.6. The molecule has 2 aliphatic rings. The SMILES string of the molecule is CN=C(NCc1cnc(N(C)C)n1C)N1CCC(N2CC=CC2)C1.I. The summed E-state index contributed by atoms with van der Waals surface area (Å²) in [5.74, 6) is 1.95. The van der Waals surface area contributed by atoms with Gasteiger partial charge in [0, 0.05) is 60.4 Å². The molecule has 8 heteroatoms. The molecule has 0 aromatic carbocycles. The van der Waals surface area contributed by atoms with E-state index in [2.05, 4.69) is 41.8 Å². The van der Waals surface area contributed by atoms with Gasteiger partial charge in [-0.05, 0) is 6.42 Å². The van der Waals surface area contributed by atoms with Crippen molar-refractivity contribution in [1.29, 1.82) is 0 Å². The molecule has 3 heterocycles. The Bertz CT molecular complexity index is 615. The first-order valence-electron chi connectivity index (χ1n) is 8.62. The van der Waals surface area contributed by atoms with Crippen LogP contribution in [0.3, 0.4) is 0 Å². The van der Waals surface area contributed by atoms with E-state index in [1.807, 2.05) is 39.3 Å². The minimum absolute atomic E-state index is 0. The molecule has 1 unspecified atom stereocenters. The van der Waals surface area contributed by atoms with Crippen molar-refractivity contribution in [3.05, 3.63) is 24.0 Å². The molecular formula is C17H30IN7. The van der Waals surface area contributed by atoms with Gasteiger partial charge in [0.1, 0.15) is 0 Å². The molecule has 1 aromatic heterocycles. The molecule has 0 aliphatic carbocycles. The Morgan fingerprint density at radius 2 is 2.08 bits per heavy atom. The van der Waals surface area contributed by atoms with Gasteiger partial charge in [-0.25, -0.2) is 4.98 Å². The first-order chi connectivity index (χ1) is 11.6. The second-order valence-corrected chi connectivity index (χ2v) is 6.72. The zero-order chi connectivity index (χ0) is 17.1. The summed E-state index contributed by atoms with van der Waals surface area (Å²) in [6, 6.07) is 0.635. The standard InChI is InChI=1S/C17H29N7.HI/c1-18-16(19-11-15-12-20-17(21(2)3)22(15)4)24-10-7-14(13-24)23-8-5-6-9-23;/h5-6,12,14H,7-11,13H2,1-4H3,(H,18,19);1H. The number of halogens is 1. The second-order valence-electron chi connectivity index (χ2n) is 6.72. The van der Waals surface area contributed by atoms with E-state index in [-0.39, 0.29) is 24.0 Å². The van der Waals surface area contributed by atoms with Crippen molar-refractivity contribution >= 4 is 35.9 Å². The van der Waals surface area contributed by atoms with E-state index in [0.717, 1.165) is 50.3 Å². The average Bonchev–Trinajstić information content (AvgIpc) is 3.28. The van der Waals surface area contributed by atoms with E-state index in [0.29, 0.717) is 6.04 Å². The third kappa shape index (κ3) is 4.46. The third-order valence-corrected chi connectivity index (χ3v) is 4.93. The maximum atomic E-state index is 4.47. The summed E-state index contributed by atoms with van der Waals surface area (Å²) < 4.78 is 2.11. The summed E-state index contributed by atoms with van der Waals surface area (Å²) in [5.41, 5.74) is 1.15. The Hall–Kier alpha value is -1.29. The smallest absolute Gasteiger partial charge is 0.204 e. The second kappa shape index (κ2) is 8.88. The van der Waals surface area contributed by atoms with E-state index in [9.17, 15) is 0 Å². The number of nitrogens with zero attached hydrogens (tertiary/aromatic N) is 6. The lowest BCUT2D eigenvalue weighted by atomic mass is 10.2. The van der Waals surface area contributed by atoms with Gasteiger partial charge in [0.25, 0.3) is 0 Å². The molecule has 25 heavy (non-hydrogen) atoms. The normalized spacial score (nSPS) is 20.9. The highest BCUT2D eigenvalue weighted by Crippen LogP contribution is 2.18. The number of aliphatic imine (C=N–C) groups is 1. The fraction of sp³-hybridized carbons (Fsp3) is 0.647. The van der Waals surface area contributed by atoms with Crippen molar-refractivity contribution in [3.8, 4) is 0 Å². The number of imidazole rings is 1. The lowest BCUT2D eigenvalue weighted by molar-refractivity contribution is 0.259. The van der Waals surface area contributed by atoms with E-state index < -0.39 is 0 Å². The quantitative estimate of drug-likeness (QED) is 0.317. The van der Waals surface area contributed by atoms with Crippen LogP contribution in [0.15, 0.2) is 23.3 Å². The molecule has 1 atom stereocenters. The molecule has 0 amide bonds. The van der Waals surface area contributed by atoms with Gasteiger partial charge in [-0.3, -0.25) is 9.89 Å². The lowest BCUT2D eigenvalue weighted by Crippen LogP contribution is -2.42. The summed E-state index contributed by atoms with van der Waals surface area (Å²) in [6.07, 6.45) is 7.66. The van der Waals surface area contributed by atoms with Crippen LogP contribution in [0, 0.1) is 0 Å². The summed E-state index contributed by atoms with van der Waals surface area (Å²) >= 11 is 0. The van der Waals surface area contributed by atoms with Crippen molar-refractivity contribution in [2.45, 2.75) is 19.0 Å². The minimum atomic E-state index is 0. The fourth-order valence-corrected chi connectivity index (χ4v) is 3.54. The van der Waals surface area contributed by atoms with Crippen LogP contribution < -0.4 is 10.2 Å². The Morgan fingerprint density at radius 1 is 1.36 bits per heavy atom. The van der Waals surface area contributed by atoms with Crippen LogP contribution in [0.25, 0.3) is 0 Å². The lowest BCUT2D eigenvalue weighted by Gasteiger charge is -2.25. The molecule has 1 N–H and O–H groups in total. The van der Waals surface area contributed by atoms with Crippen LogP contribution in [0.5, 0.6) is 0 Å². The monoisotopic (exact) mass is 459 g/mol. The summed E-state index contributed by atoms with van der Waals surface area (Å²) in [5, 5.41) is 3.49. The van der Waals surface area contributed by atoms with E-state index >= 15 is 0 Å². The van der Waals surface area contributed by atoms with Gasteiger partial charge in [-0.2, -0.15) is 0 Å². The Balaban J connectivity index is 0.00000225. The fourth-order valence-electron chi connectivity index (χ4n) is 3.54. The highest BCUT2D eigenvalue weighted by atomic mass is 127. The molecule has 0 bridgehead atoms.